The molecule has 3 N–H and O–H groups in total. The summed E-state index contributed by atoms with van der Waals surface area (Å²) in [4.78, 5) is 18.0. The number of likely N-dealkylation sites (tertiary alicyclic amines) is 1. The van der Waals surface area contributed by atoms with Crippen LogP contribution in [0.5, 0.6) is 0 Å². The number of hydrogen-bond donors (Lipinski definition) is 3. The Bertz CT molecular complexity index is 998. The second-order valence-electron chi connectivity index (χ2n) is 7.33. The van der Waals surface area contributed by atoms with E-state index in [1.54, 1.807) is 12.1 Å². The molecule has 1 fully saturated rings. The van der Waals surface area contributed by atoms with Gasteiger partial charge in [-0.15, -0.1) is 0 Å². The number of thiocarbonyl (C=S) groups is 1. The molecule has 144 valence electrons. The van der Waals surface area contributed by atoms with Gasteiger partial charge < -0.3 is 15.2 Å². The van der Waals surface area contributed by atoms with Gasteiger partial charge in [-0.05, 0) is 81.0 Å². The van der Waals surface area contributed by atoms with Gasteiger partial charge in [-0.2, -0.15) is 0 Å². The summed E-state index contributed by atoms with van der Waals surface area (Å²) in [7, 11) is 2.20. The van der Waals surface area contributed by atoms with Crippen molar-refractivity contribution in [1.29, 1.82) is 0 Å². The summed E-state index contributed by atoms with van der Waals surface area (Å²) in [6, 6.07) is 15.8. The Morgan fingerprint density at radius 3 is 2.82 bits per heavy atom. The third-order valence-corrected chi connectivity index (χ3v) is 5.62. The summed E-state index contributed by atoms with van der Waals surface area (Å²) in [5.41, 5.74) is 3.87. The standard InChI is InChI=1S/C22H24N4OS/c1-26-11-5-8-18(26)12-16-14-23-20-10-9-17(13-19(16)20)24-22(28)25-21(27)15-6-3-2-4-7-15/h2-4,6-7,9-10,13-14,18,23H,5,8,11-12H2,1H3,(H2,24,25,27,28). The number of hydrogen-bond acceptors (Lipinski definition) is 3. The first-order valence-corrected chi connectivity index (χ1v) is 9.98. The van der Waals surface area contributed by atoms with Gasteiger partial charge in [-0.25, -0.2) is 0 Å². The molecule has 1 saturated heterocycles. The molecule has 1 aliphatic rings. The highest BCUT2D eigenvalue weighted by molar-refractivity contribution is 7.80. The van der Waals surface area contributed by atoms with Crippen LogP contribution in [-0.4, -0.2) is 40.5 Å². The van der Waals surface area contributed by atoms with Crippen molar-refractivity contribution in [1.82, 2.24) is 15.2 Å². The maximum absolute atomic E-state index is 12.2. The molecule has 0 bridgehead atoms. The number of nitrogens with one attached hydrogen (secondary N) is 3. The van der Waals surface area contributed by atoms with Crippen molar-refractivity contribution in [3.8, 4) is 0 Å². The second kappa shape index (κ2) is 8.12. The van der Waals surface area contributed by atoms with E-state index in [1.807, 2.05) is 30.3 Å². The van der Waals surface area contributed by atoms with Gasteiger partial charge >= 0.3 is 0 Å². The van der Waals surface area contributed by atoms with Crippen LogP contribution in [0.25, 0.3) is 10.9 Å². The number of aromatic amines is 1. The fraction of sp³-hybridized carbons (Fsp3) is 0.273. The molecule has 0 aliphatic carbocycles. The normalized spacial score (nSPS) is 17.0. The van der Waals surface area contributed by atoms with Gasteiger partial charge in [-0.1, -0.05) is 18.2 Å². The third kappa shape index (κ3) is 4.08. The Balaban J connectivity index is 1.46. The monoisotopic (exact) mass is 392 g/mol. The molecule has 1 amide bonds. The fourth-order valence-electron chi connectivity index (χ4n) is 3.84. The highest BCUT2D eigenvalue weighted by atomic mass is 32.1. The van der Waals surface area contributed by atoms with E-state index in [-0.39, 0.29) is 5.91 Å². The Labute approximate surface area is 170 Å². The number of carbonyl (C=O) groups excluding carboxylic acids is 1. The minimum Gasteiger partial charge on any atom is -0.361 e. The van der Waals surface area contributed by atoms with Gasteiger partial charge in [0.1, 0.15) is 0 Å². The highest BCUT2D eigenvalue weighted by Gasteiger charge is 2.22. The van der Waals surface area contributed by atoms with E-state index in [1.165, 1.54) is 30.3 Å². The second-order valence-corrected chi connectivity index (χ2v) is 7.74. The predicted octanol–water partition coefficient (Wildman–Crippen LogP) is 3.93. The molecule has 0 spiro atoms. The average molecular weight is 393 g/mol. The van der Waals surface area contributed by atoms with E-state index >= 15 is 0 Å². The molecule has 1 atom stereocenters. The molecule has 1 unspecified atom stereocenters. The lowest BCUT2D eigenvalue weighted by Crippen LogP contribution is -2.34. The Morgan fingerprint density at radius 2 is 2.07 bits per heavy atom. The van der Waals surface area contributed by atoms with E-state index in [0.29, 0.717) is 16.7 Å². The average Bonchev–Trinajstić information content (AvgIpc) is 3.29. The predicted molar refractivity (Wildman–Crippen MR) is 118 cm³/mol. The van der Waals surface area contributed by atoms with Crippen LogP contribution < -0.4 is 10.6 Å². The van der Waals surface area contributed by atoms with Crippen molar-refractivity contribution in [2.24, 2.45) is 0 Å². The SMILES string of the molecule is CN1CCCC1Cc1c[nH]c2ccc(NC(=S)NC(=O)c3ccccc3)cc12. The van der Waals surface area contributed by atoms with E-state index in [4.69, 9.17) is 12.2 Å². The van der Waals surface area contributed by atoms with Crippen LogP contribution in [0.1, 0.15) is 28.8 Å². The molecule has 0 saturated carbocycles. The molecular weight excluding hydrogens is 368 g/mol. The molecule has 5 nitrogen and oxygen atoms in total. The molecule has 28 heavy (non-hydrogen) atoms. The van der Waals surface area contributed by atoms with Crippen molar-refractivity contribution in [2.75, 3.05) is 18.9 Å². The van der Waals surface area contributed by atoms with Crippen molar-refractivity contribution in [2.45, 2.75) is 25.3 Å². The number of benzene rings is 2. The molecule has 2 aromatic carbocycles. The van der Waals surface area contributed by atoms with Crippen LogP contribution in [0.3, 0.4) is 0 Å². The lowest BCUT2D eigenvalue weighted by atomic mass is 10.0. The smallest absolute Gasteiger partial charge is 0.257 e. The van der Waals surface area contributed by atoms with E-state index in [0.717, 1.165) is 17.6 Å². The van der Waals surface area contributed by atoms with Crippen LogP contribution in [0.15, 0.2) is 54.7 Å². The van der Waals surface area contributed by atoms with Crippen LogP contribution >= 0.6 is 12.2 Å². The number of H-pyrrole nitrogens is 1. The lowest BCUT2D eigenvalue weighted by Gasteiger charge is -2.18. The first-order valence-electron chi connectivity index (χ1n) is 9.58. The number of amides is 1. The van der Waals surface area contributed by atoms with Crippen LogP contribution in [0.2, 0.25) is 0 Å². The minimum atomic E-state index is -0.217. The van der Waals surface area contributed by atoms with Gasteiger partial charge in [0.25, 0.3) is 5.91 Å². The van der Waals surface area contributed by atoms with E-state index in [9.17, 15) is 4.79 Å². The molecule has 4 rings (SSSR count). The fourth-order valence-corrected chi connectivity index (χ4v) is 4.05. The van der Waals surface area contributed by atoms with Gasteiger partial charge in [0.2, 0.25) is 0 Å². The Morgan fingerprint density at radius 1 is 1.25 bits per heavy atom. The summed E-state index contributed by atoms with van der Waals surface area (Å²) in [5.74, 6) is -0.217. The number of aromatic nitrogens is 1. The van der Waals surface area contributed by atoms with E-state index < -0.39 is 0 Å². The molecular formula is C22H24N4OS. The van der Waals surface area contributed by atoms with Crippen molar-refractivity contribution < 1.29 is 4.79 Å². The van der Waals surface area contributed by atoms with Gasteiger partial charge in [0.15, 0.2) is 5.11 Å². The molecule has 6 heteroatoms. The molecule has 1 aliphatic heterocycles. The zero-order valence-electron chi connectivity index (χ0n) is 15.9. The van der Waals surface area contributed by atoms with Crippen molar-refractivity contribution in [3.05, 3.63) is 65.9 Å². The number of likely N-dealkylation sites (N-methyl/N-ethyl adjacent to an activating group) is 1. The van der Waals surface area contributed by atoms with Gasteiger partial charge in [0, 0.05) is 34.4 Å². The number of rotatable bonds is 4. The number of carbonyl (C=O) groups is 1. The maximum atomic E-state index is 12.2. The zero-order chi connectivity index (χ0) is 19.5. The first-order chi connectivity index (χ1) is 13.6. The summed E-state index contributed by atoms with van der Waals surface area (Å²) < 4.78 is 0. The minimum absolute atomic E-state index is 0.217. The van der Waals surface area contributed by atoms with Crippen LogP contribution in [0.4, 0.5) is 5.69 Å². The first kappa shape index (κ1) is 18.7. The van der Waals surface area contributed by atoms with Crippen molar-refractivity contribution >= 4 is 39.8 Å². The summed E-state index contributed by atoms with van der Waals surface area (Å²) in [6.45, 7) is 1.18. The summed E-state index contributed by atoms with van der Waals surface area (Å²) in [5, 5.41) is 7.35. The lowest BCUT2D eigenvalue weighted by molar-refractivity contribution is 0.0977. The summed E-state index contributed by atoms with van der Waals surface area (Å²) >= 11 is 5.32. The van der Waals surface area contributed by atoms with Gasteiger partial charge in [-0.3, -0.25) is 10.1 Å². The highest BCUT2D eigenvalue weighted by Crippen LogP contribution is 2.26. The maximum Gasteiger partial charge on any atom is 0.257 e. The van der Waals surface area contributed by atoms with Gasteiger partial charge in [0.05, 0.1) is 0 Å². The zero-order valence-corrected chi connectivity index (χ0v) is 16.7. The molecule has 1 aromatic heterocycles. The quantitative estimate of drug-likeness (QED) is 0.589. The van der Waals surface area contributed by atoms with Crippen molar-refractivity contribution in [3.63, 3.8) is 0 Å². The third-order valence-electron chi connectivity index (χ3n) is 5.42. The number of nitrogens with zero attached hydrogens (tertiary/aromatic N) is 1. The van der Waals surface area contributed by atoms with E-state index in [2.05, 4.69) is 39.8 Å². The van der Waals surface area contributed by atoms with Crippen LogP contribution in [0, 0.1) is 0 Å². The Hall–Kier alpha value is -2.70. The molecule has 2 heterocycles. The number of anilines is 1. The topological polar surface area (TPSA) is 60.2 Å². The Kier molecular flexibility index (Phi) is 5.41. The summed E-state index contributed by atoms with van der Waals surface area (Å²) in [6.07, 6.45) is 5.66. The number of fused-ring (bicyclic) bond motifs is 1. The molecule has 3 aromatic rings. The van der Waals surface area contributed by atoms with Crippen LogP contribution in [-0.2, 0) is 6.42 Å². The molecule has 0 radical (unpaired) electrons. The largest absolute Gasteiger partial charge is 0.361 e.